The Hall–Kier alpha value is -3.15. The highest BCUT2D eigenvalue weighted by Crippen LogP contribution is 2.45. The summed E-state index contributed by atoms with van der Waals surface area (Å²) in [4.78, 5) is 12.8. The zero-order chi connectivity index (χ0) is 24.1. The van der Waals surface area contributed by atoms with Crippen molar-refractivity contribution >= 4 is 33.5 Å². The zero-order valence-electron chi connectivity index (χ0n) is 18.3. The van der Waals surface area contributed by atoms with Gasteiger partial charge in [0.25, 0.3) is 0 Å². The molecule has 1 atom stereocenters. The first-order valence-electron chi connectivity index (χ1n) is 10.0. The molecule has 1 aliphatic rings. The van der Waals surface area contributed by atoms with E-state index >= 15 is 0 Å². The Balaban J connectivity index is 2.04. The number of halogens is 2. The third-order valence-electron chi connectivity index (χ3n) is 5.00. The molecule has 0 bridgehead atoms. The number of hydrogen-bond acceptors (Lipinski definition) is 7. The molecule has 172 valence electrons. The maximum Gasteiger partial charge on any atom is 0.338 e. The van der Waals surface area contributed by atoms with E-state index < -0.39 is 11.9 Å². The number of hydrogen-bond donors (Lipinski definition) is 1. The van der Waals surface area contributed by atoms with Crippen LogP contribution in [-0.2, 0) is 20.9 Å². The van der Waals surface area contributed by atoms with Gasteiger partial charge in [0.15, 0.2) is 11.5 Å². The molecule has 2 N–H and O–H groups in total. The third-order valence-corrected chi connectivity index (χ3v) is 5.94. The highest BCUT2D eigenvalue weighted by atomic mass is 79.9. The average molecular weight is 534 g/mol. The minimum Gasteiger partial charge on any atom is -0.493 e. The van der Waals surface area contributed by atoms with Crippen LogP contribution in [0.2, 0.25) is 5.02 Å². The smallest absolute Gasteiger partial charge is 0.338 e. The summed E-state index contributed by atoms with van der Waals surface area (Å²) in [6.45, 7) is 3.77. The van der Waals surface area contributed by atoms with Crippen LogP contribution in [0.15, 0.2) is 63.7 Å². The fourth-order valence-electron chi connectivity index (χ4n) is 3.45. The van der Waals surface area contributed by atoms with E-state index in [1.165, 1.54) is 7.11 Å². The number of allylic oxidation sites excluding steroid dienone is 2. The van der Waals surface area contributed by atoms with Crippen molar-refractivity contribution in [3.05, 3.63) is 79.8 Å². The van der Waals surface area contributed by atoms with Crippen LogP contribution in [0.3, 0.4) is 0 Å². The molecule has 0 fully saturated rings. The van der Waals surface area contributed by atoms with Crippen LogP contribution in [0.1, 0.15) is 30.9 Å². The van der Waals surface area contributed by atoms with Crippen LogP contribution in [-0.4, -0.2) is 19.7 Å². The molecular weight excluding hydrogens is 512 g/mol. The molecule has 0 aliphatic carbocycles. The molecule has 9 heteroatoms. The van der Waals surface area contributed by atoms with Gasteiger partial charge in [0.05, 0.1) is 25.2 Å². The van der Waals surface area contributed by atoms with Crippen LogP contribution in [0.25, 0.3) is 0 Å². The summed E-state index contributed by atoms with van der Waals surface area (Å²) in [7, 11) is 1.51. The van der Waals surface area contributed by atoms with E-state index in [0.717, 1.165) is 5.56 Å². The van der Waals surface area contributed by atoms with E-state index in [-0.39, 0.29) is 29.4 Å². The van der Waals surface area contributed by atoms with Crippen LogP contribution in [0.5, 0.6) is 11.5 Å². The second-order valence-corrected chi connectivity index (χ2v) is 8.35. The number of nitrogens with two attached hydrogens (primary N) is 1. The third kappa shape index (κ3) is 5.27. The number of carbonyl (C=O) groups is 1. The van der Waals surface area contributed by atoms with Gasteiger partial charge in [-0.2, -0.15) is 5.26 Å². The highest BCUT2D eigenvalue weighted by Gasteiger charge is 2.37. The van der Waals surface area contributed by atoms with Crippen LogP contribution < -0.4 is 15.2 Å². The van der Waals surface area contributed by atoms with Crippen molar-refractivity contribution < 1.29 is 23.7 Å². The van der Waals surface area contributed by atoms with E-state index in [1.54, 1.807) is 38.1 Å². The summed E-state index contributed by atoms with van der Waals surface area (Å²) in [6, 6.07) is 12.8. The second kappa shape index (κ2) is 10.6. The lowest BCUT2D eigenvalue weighted by Crippen LogP contribution is -2.25. The normalized spacial score (nSPS) is 15.6. The van der Waals surface area contributed by atoms with Crippen molar-refractivity contribution in [1.82, 2.24) is 0 Å². The van der Waals surface area contributed by atoms with Crippen molar-refractivity contribution in [3.63, 3.8) is 0 Å². The minimum atomic E-state index is -0.809. The minimum absolute atomic E-state index is 0.0676. The van der Waals surface area contributed by atoms with Crippen molar-refractivity contribution in [2.45, 2.75) is 26.4 Å². The van der Waals surface area contributed by atoms with E-state index in [1.807, 2.05) is 12.1 Å². The lowest BCUT2D eigenvalue weighted by Gasteiger charge is -2.28. The van der Waals surface area contributed by atoms with Crippen molar-refractivity contribution in [2.75, 3.05) is 13.7 Å². The first-order valence-corrected chi connectivity index (χ1v) is 11.2. The molecule has 3 rings (SSSR count). The van der Waals surface area contributed by atoms with Crippen molar-refractivity contribution in [1.29, 1.82) is 5.26 Å². The van der Waals surface area contributed by atoms with Crippen molar-refractivity contribution in [2.24, 2.45) is 5.73 Å². The maximum absolute atomic E-state index is 12.8. The quantitative estimate of drug-likeness (QED) is 0.479. The first kappa shape index (κ1) is 24.5. The van der Waals surface area contributed by atoms with Gasteiger partial charge in [0.1, 0.15) is 24.0 Å². The maximum atomic E-state index is 12.8. The van der Waals surface area contributed by atoms with Crippen LogP contribution >= 0.6 is 27.5 Å². The molecule has 33 heavy (non-hydrogen) atoms. The zero-order valence-corrected chi connectivity index (χ0v) is 20.6. The van der Waals surface area contributed by atoms with Gasteiger partial charge < -0.3 is 24.7 Å². The standard InChI is InChI=1S/C24H22BrClN2O5/c1-4-31-24(29)21-13(2)33-23(28)17(11-27)22(21)16-9-19(30-3)20(10-18(16)25)32-12-14-5-7-15(26)8-6-14/h5-10,22H,4,12,28H2,1-3H3. The average Bonchev–Trinajstić information content (AvgIpc) is 2.78. The number of nitriles is 1. The van der Waals surface area contributed by atoms with Gasteiger partial charge in [-0.05, 0) is 49.2 Å². The summed E-state index contributed by atoms with van der Waals surface area (Å²) in [5.41, 5.74) is 7.79. The van der Waals surface area contributed by atoms with Gasteiger partial charge in [-0.1, -0.05) is 39.7 Å². The van der Waals surface area contributed by atoms with Gasteiger partial charge in [0.2, 0.25) is 5.88 Å². The molecule has 0 radical (unpaired) electrons. The molecule has 0 amide bonds. The molecular formula is C24H22BrClN2O5. The summed E-state index contributed by atoms with van der Waals surface area (Å²) >= 11 is 9.49. The molecule has 1 aliphatic heterocycles. The van der Waals surface area contributed by atoms with Gasteiger partial charge in [-0.25, -0.2) is 4.79 Å². The molecule has 2 aromatic rings. The summed E-state index contributed by atoms with van der Waals surface area (Å²) < 4.78 is 22.8. The van der Waals surface area contributed by atoms with Crippen LogP contribution in [0, 0.1) is 11.3 Å². The monoisotopic (exact) mass is 532 g/mol. The molecule has 0 saturated carbocycles. The van der Waals surface area contributed by atoms with Crippen LogP contribution in [0.4, 0.5) is 0 Å². The molecule has 1 heterocycles. The van der Waals surface area contributed by atoms with Gasteiger partial charge in [0, 0.05) is 9.50 Å². The SMILES string of the molecule is CCOC(=O)C1=C(C)OC(N)=C(C#N)C1c1cc(OC)c(OCc2ccc(Cl)cc2)cc1Br. The summed E-state index contributed by atoms with van der Waals surface area (Å²) in [5.74, 6) is -0.300. The number of esters is 1. The lowest BCUT2D eigenvalue weighted by molar-refractivity contribution is -0.139. The van der Waals surface area contributed by atoms with E-state index in [2.05, 4.69) is 22.0 Å². The Morgan fingerprint density at radius 3 is 2.58 bits per heavy atom. The number of methoxy groups -OCH3 is 1. The molecule has 0 saturated heterocycles. The largest absolute Gasteiger partial charge is 0.493 e. The van der Waals surface area contributed by atoms with E-state index in [0.29, 0.717) is 33.2 Å². The predicted molar refractivity (Wildman–Crippen MR) is 126 cm³/mol. The van der Waals surface area contributed by atoms with E-state index in [4.69, 9.17) is 36.3 Å². The Bertz CT molecular complexity index is 1170. The number of carbonyl (C=O) groups excluding carboxylic acids is 1. The molecule has 1 unspecified atom stereocenters. The topological polar surface area (TPSA) is 104 Å². The van der Waals surface area contributed by atoms with Gasteiger partial charge in [-0.3, -0.25) is 0 Å². The number of benzene rings is 2. The first-order chi connectivity index (χ1) is 15.8. The Morgan fingerprint density at radius 2 is 1.97 bits per heavy atom. The molecule has 0 aromatic heterocycles. The second-order valence-electron chi connectivity index (χ2n) is 7.05. The number of nitrogens with zero attached hydrogens (tertiary/aromatic N) is 1. The van der Waals surface area contributed by atoms with E-state index in [9.17, 15) is 10.1 Å². The summed E-state index contributed by atoms with van der Waals surface area (Å²) in [6.07, 6.45) is 0. The number of ether oxygens (including phenoxy) is 4. The molecule has 0 spiro atoms. The Kier molecular flexibility index (Phi) is 7.90. The van der Waals surface area contributed by atoms with Gasteiger partial charge in [-0.15, -0.1) is 0 Å². The fraction of sp³-hybridized carbons (Fsp3) is 0.250. The fourth-order valence-corrected chi connectivity index (χ4v) is 4.13. The summed E-state index contributed by atoms with van der Waals surface area (Å²) in [5, 5.41) is 10.4. The highest BCUT2D eigenvalue weighted by molar-refractivity contribution is 9.10. The van der Waals surface area contributed by atoms with Gasteiger partial charge >= 0.3 is 5.97 Å². The predicted octanol–water partition coefficient (Wildman–Crippen LogP) is 5.33. The molecule has 2 aromatic carbocycles. The number of rotatable bonds is 7. The van der Waals surface area contributed by atoms with Crippen molar-refractivity contribution in [3.8, 4) is 17.6 Å². The Labute approximate surface area is 205 Å². The lowest BCUT2D eigenvalue weighted by atomic mass is 9.83. The Morgan fingerprint density at radius 1 is 1.27 bits per heavy atom. The molecule has 7 nitrogen and oxygen atoms in total.